The Hall–Kier alpha value is -2.82. The van der Waals surface area contributed by atoms with E-state index in [1.54, 1.807) is 0 Å². The van der Waals surface area contributed by atoms with Crippen molar-refractivity contribution in [1.82, 2.24) is 0 Å². The van der Waals surface area contributed by atoms with E-state index in [1.807, 2.05) is 24.3 Å². The highest BCUT2D eigenvalue weighted by molar-refractivity contribution is 5.88. The summed E-state index contributed by atoms with van der Waals surface area (Å²) in [5.74, 6) is 0.0393. The number of aliphatic carboxylic acids is 1. The van der Waals surface area contributed by atoms with Gasteiger partial charge in [0.2, 0.25) is 0 Å². The lowest BCUT2D eigenvalue weighted by atomic mass is 9.63. The number of carboxylic acids is 1. The Bertz CT molecular complexity index is 1020. The standard InChI is InChI=1S/C27H33NO4/c1-26(2)11-12-27(3,4)23-15-18(5-10-22(23)26)17-32-20-8-6-19(7-9-20)21(16-24(29)30)25-28-13-14-31-25/h5-10,15,21H,11-14,16-17H2,1-4H3,(H,29,30). The summed E-state index contributed by atoms with van der Waals surface area (Å²) in [5, 5.41) is 9.29. The first-order valence-electron chi connectivity index (χ1n) is 11.4. The molecule has 1 aliphatic carbocycles. The molecule has 5 heteroatoms. The van der Waals surface area contributed by atoms with Crippen LogP contribution in [0, 0.1) is 0 Å². The Morgan fingerprint density at radius 1 is 1.06 bits per heavy atom. The molecule has 5 nitrogen and oxygen atoms in total. The van der Waals surface area contributed by atoms with Gasteiger partial charge in [0, 0.05) is 0 Å². The quantitative estimate of drug-likeness (QED) is 0.614. The first kappa shape index (κ1) is 22.4. The molecule has 0 spiro atoms. The van der Waals surface area contributed by atoms with Crippen LogP contribution >= 0.6 is 0 Å². The first-order valence-corrected chi connectivity index (χ1v) is 11.4. The zero-order chi connectivity index (χ0) is 22.9. The molecule has 0 bridgehead atoms. The maximum atomic E-state index is 11.3. The molecule has 2 aliphatic rings. The van der Waals surface area contributed by atoms with Crippen molar-refractivity contribution in [2.45, 2.75) is 70.3 Å². The maximum Gasteiger partial charge on any atom is 0.304 e. The zero-order valence-corrected chi connectivity index (χ0v) is 19.5. The van der Waals surface area contributed by atoms with E-state index in [1.165, 1.54) is 24.0 Å². The predicted molar refractivity (Wildman–Crippen MR) is 126 cm³/mol. The highest BCUT2D eigenvalue weighted by Crippen LogP contribution is 2.46. The molecule has 170 valence electrons. The SMILES string of the molecule is CC1(C)CCC(C)(C)c2cc(COc3ccc(C(CC(=O)O)C4=NCCO4)cc3)ccc21. The topological polar surface area (TPSA) is 68.1 Å². The van der Waals surface area contributed by atoms with E-state index in [9.17, 15) is 9.90 Å². The van der Waals surface area contributed by atoms with Gasteiger partial charge in [-0.05, 0) is 58.1 Å². The van der Waals surface area contributed by atoms with E-state index in [-0.39, 0.29) is 23.2 Å². The number of carboxylic acid groups (broad SMARTS) is 1. The summed E-state index contributed by atoms with van der Waals surface area (Å²) in [6, 6.07) is 14.4. The molecule has 2 aromatic rings. The molecule has 32 heavy (non-hydrogen) atoms. The Labute approximate surface area is 190 Å². The fourth-order valence-corrected chi connectivity index (χ4v) is 4.77. The molecular weight excluding hydrogens is 402 g/mol. The van der Waals surface area contributed by atoms with Crippen LogP contribution in [0.2, 0.25) is 0 Å². The maximum absolute atomic E-state index is 11.3. The largest absolute Gasteiger partial charge is 0.489 e. The minimum absolute atomic E-state index is 0.0414. The van der Waals surface area contributed by atoms with Crippen LogP contribution in [0.1, 0.15) is 75.1 Å². The molecule has 2 aromatic carbocycles. The molecule has 0 aromatic heterocycles. The molecule has 1 aliphatic heterocycles. The normalized spacial score (nSPS) is 19.4. The molecule has 1 N–H and O–H groups in total. The molecule has 0 radical (unpaired) electrons. The van der Waals surface area contributed by atoms with Crippen LogP contribution in [0.4, 0.5) is 0 Å². The van der Waals surface area contributed by atoms with Gasteiger partial charge in [-0.2, -0.15) is 0 Å². The van der Waals surface area contributed by atoms with Crippen molar-refractivity contribution in [3.05, 3.63) is 64.7 Å². The average molecular weight is 436 g/mol. The van der Waals surface area contributed by atoms with Gasteiger partial charge in [-0.15, -0.1) is 0 Å². The number of hydrogen-bond acceptors (Lipinski definition) is 4. The van der Waals surface area contributed by atoms with Gasteiger partial charge in [0.1, 0.15) is 19.0 Å². The summed E-state index contributed by atoms with van der Waals surface area (Å²) in [7, 11) is 0. The van der Waals surface area contributed by atoms with Gasteiger partial charge in [-0.1, -0.05) is 58.0 Å². The van der Waals surface area contributed by atoms with E-state index < -0.39 is 5.97 Å². The van der Waals surface area contributed by atoms with Crippen LogP contribution in [0.3, 0.4) is 0 Å². The van der Waals surface area contributed by atoms with Crippen LogP contribution in [0.25, 0.3) is 0 Å². The van der Waals surface area contributed by atoms with Gasteiger partial charge in [0.05, 0.1) is 18.9 Å². The van der Waals surface area contributed by atoms with Gasteiger partial charge in [-0.25, -0.2) is 0 Å². The lowest BCUT2D eigenvalue weighted by molar-refractivity contribution is -0.137. The summed E-state index contributed by atoms with van der Waals surface area (Å²) in [5.41, 5.74) is 5.30. The summed E-state index contributed by atoms with van der Waals surface area (Å²) < 4.78 is 11.6. The van der Waals surface area contributed by atoms with Crippen LogP contribution in [0.15, 0.2) is 47.5 Å². The predicted octanol–water partition coefficient (Wildman–Crippen LogP) is 5.60. The molecule has 0 saturated carbocycles. The summed E-state index contributed by atoms with van der Waals surface area (Å²) in [6.45, 7) is 10.9. The van der Waals surface area contributed by atoms with Gasteiger partial charge >= 0.3 is 5.97 Å². The third-order valence-electron chi connectivity index (χ3n) is 6.89. The Balaban J connectivity index is 1.47. The number of rotatable bonds is 7. The third kappa shape index (κ3) is 4.67. The van der Waals surface area contributed by atoms with E-state index in [4.69, 9.17) is 9.47 Å². The summed E-state index contributed by atoms with van der Waals surface area (Å²) in [4.78, 5) is 15.6. The van der Waals surface area contributed by atoms with E-state index in [0.717, 1.165) is 16.9 Å². The highest BCUT2D eigenvalue weighted by Gasteiger charge is 2.36. The fourth-order valence-electron chi connectivity index (χ4n) is 4.77. The highest BCUT2D eigenvalue weighted by atomic mass is 16.5. The van der Waals surface area contributed by atoms with E-state index >= 15 is 0 Å². The van der Waals surface area contributed by atoms with Crippen LogP contribution in [-0.4, -0.2) is 30.1 Å². The van der Waals surface area contributed by atoms with Crippen molar-refractivity contribution in [2.24, 2.45) is 4.99 Å². The zero-order valence-electron chi connectivity index (χ0n) is 19.5. The minimum atomic E-state index is -0.868. The first-order chi connectivity index (χ1) is 15.2. The second-order valence-corrected chi connectivity index (χ2v) is 10.2. The molecule has 1 atom stereocenters. The Morgan fingerprint density at radius 3 is 2.38 bits per heavy atom. The van der Waals surface area contributed by atoms with Crippen LogP contribution in [-0.2, 0) is 27.0 Å². The Kier molecular flexibility index (Phi) is 6.02. The lowest BCUT2D eigenvalue weighted by Gasteiger charge is -2.42. The van der Waals surface area contributed by atoms with Crippen molar-refractivity contribution < 1.29 is 19.4 Å². The van der Waals surface area contributed by atoms with Gasteiger partial charge in [0.15, 0.2) is 5.90 Å². The second-order valence-electron chi connectivity index (χ2n) is 10.2. The number of nitrogens with zero attached hydrogens (tertiary/aromatic N) is 1. The number of ether oxygens (including phenoxy) is 2. The number of aliphatic imine (C=N–C) groups is 1. The van der Waals surface area contributed by atoms with Crippen LogP contribution < -0.4 is 4.74 Å². The summed E-state index contributed by atoms with van der Waals surface area (Å²) >= 11 is 0. The number of carbonyl (C=O) groups is 1. The summed E-state index contributed by atoms with van der Waals surface area (Å²) in [6.07, 6.45) is 2.35. The molecular formula is C27H33NO4. The second kappa shape index (κ2) is 8.61. The fraction of sp³-hybridized carbons (Fsp3) is 0.481. The number of benzene rings is 2. The third-order valence-corrected chi connectivity index (χ3v) is 6.89. The van der Waals surface area contributed by atoms with Crippen molar-refractivity contribution >= 4 is 11.9 Å². The van der Waals surface area contributed by atoms with Crippen LogP contribution in [0.5, 0.6) is 5.75 Å². The van der Waals surface area contributed by atoms with Gasteiger partial charge in [-0.3, -0.25) is 9.79 Å². The average Bonchev–Trinajstić information content (AvgIpc) is 3.29. The van der Waals surface area contributed by atoms with Crippen molar-refractivity contribution in [2.75, 3.05) is 13.2 Å². The molecule has 1 heterocycles. The van der Waals surface area contributed by atoms with Crippen molar-refractivity contribution in [3.8, 4) is 5.75 Å². The Morgan fingerprint density at radius 2 is 1.75 bits per heavy atom. The molecule has 0 saturated heterocycles. The van der Waals surface area contributed by atoms with Gasteiger partial charge in [0.25, 0.3) is 0 Å². The van der Waals surface area contributed by atoms with E-state index in [2.05, 4.69) is 50.9 Å². The lowest BCUT2D eigenvalue weighted by Crippen LogP contribution is -2.33. The number of hydrogen-bond donors (Lipinski definition) is 1. The molecule has 1 unspecified atom stereocenters. The van der Waals surface area contributed by atoms with Crippen molar-refractivity contribution in [1.29, 1.82) is 0 Å². The number of fused-ring (bicyclic) bond motifs is 1. The monoisotopic (exact) mass is 435 g/mol. The smallest absolute Gasteiger partial charge is 0.304 e. The molecule has 0 amide bonds. The molecule has 0 fully saturated rings. The minimum Gasteiger partial charge on any atom is -0.489 e. The van der Waals surface area contributed by atoms with Crippen molar-refractivity contribution in [3.63, 3.8) is 0 Å². The molecule has 4 rings (SSSR count). The van der Waals surface area contributed by atoms with E-state index in [0.29, 0.717) is 25.7 Å². The van der Waals surface area contributed by atoms with Gasteiger partial charge < -0.3 is 14.6 Å².